The maximum Gasteiger partial charge on any atom is 0.393 e. The molecule has 8 heteroatoms. The number of aromatic nitrogens is 3. The van der Waals surface area contributed by atoms with Gasteiger partial charge >= 0.3 is 6.18 Å². The molecule has 2 aliphatic rings. The van der Waals surface area contributed by atoms with Gasteiger partial charge in [-0.15, -0.1) is 10.2 Å². The van der Waals surface area contributed by atoms with Crippen LogP contribution in [0.2, 0.25) is 0 Å². The number of amides is 1. The molecule has 0 radical (unpaired) electrons. The first-order chi connectivity index (χ1) is 10.6. The molecular weight excluding hydrogens is 309 g/mol. The molecule has 0 spiro atoms. The molecule has 1 fully saturated rings. The number of hydrogen-bond donors (Lipinski definition) is 0. The lowest BCUT2D eigenvalue weighted by molar-refractivity contribution is -0.182. The fourth-order valence-electron chi connectivity index (χ4n) is 3.21. The first-order valence-corrected chi connectivity index (χ1v) is 7.82. The van der Waals surface area contributed by atoms with Gasteiger partial charge in [0.1, 0.15) is 5.82 Å². The van der Waals surface area contributed by atoms with E-state index in [1.807, 2.05) is 13.8 Å². The van der Waals surface area contributed by atoms with Gasteiger partial charge in [-0.1, -0.05) is 13.8 Å². The number of hydrogen-bond acceptors (Lipinski definition) is 3. The third-order valence-electron chi connectivity index (χ3n) is 5.05. The van der Waals surface area contributed by atoms with Crippen LogP contribution >= 0.6 is 0 Å². The van der Waals surface area contributed by atoms with Gasteiger partial charge in [0.2, 0.25) is 5.91 Å². The van der Waals surface area contributed by atoms with Crippen LogP contribution in [0.1, 0.15) is 38.3 Å². The van der Waals surface area contributed by atoms with E-state index in [-0.39, 0.29) is 43.2 Å². The molecule has 2 atom stereocenters. The number of halogens is 3. The van der Waals surface area contributed by atoms with E-state index < -0.39 is 12.1 Å². The van der Waals surface area contributed by atoms with E-state index in [0.717, 1.165) is 6.42 Å². The van der Waals surface area contributed by atoms with E-state index in [2.05, 4.69) is 10.2 Å². The molecule has 1 aliphatic heterocycles. The Bertz CT molecular complexity index is 623. The summed E-state index contributed by atoms with van der Waals surface area (Å²) in [6.45, 7) is 4.12. The van der Waals surface area contributed by atoms with Gasteiger partial charge < -0.3 is 9.47 Å². The van der Waals surface area contributed by atoms with Crippen LogP contribution in [0, 0.1) is 17.3 Å². The summed E-state index contributed by atoms with van der Waals surface area (Å²) >= 11 is 0. The summed E-state index contributed by atoms with van der Waals surface area (Å²) in [4.78, 5) is 13.9. The molecular formula is C15H21F3N4O. The predicted molar refractivity (Wildman–Crippen MR) is 76.3 cm³/mol. The molecule has 23 heavy (non-hydrogen) atoms. The topological polar surface area (TPSA) is 51.0 Å². The van der Waals surface area contributed by atoms with Crippen LogP contribution in [-0.2, 0) is 24.3 Å². The number of aryl methyl sites for hydroxylation is 1. The quantitative estimate of drug-likeness (QED) is 0.855. The first-order valence-electron chi connectivity index (χ1n) is 7.82. The zero-order chi connectivity index (χ0) is 17.0. The summed E-state index contributed by atoms with van der Waals surface area (Å²) in [5.41, 5.74) is 0.0248. The number of alkyl halides is 3. The van der Waals surface area contributed by atoms with Gasteiger partial charge in [-0.3, -0.25) is 4.79 Å². The van der Waals surface area contributed by atoms with Crippen molar-refractivity contribution in [1.82, 2.24) is 19.7 Å². The summed E-state index contributed by atoms with van der Waals surface area (Å²) in [6.07, 6.45) is -3.04. The second-order valence-electron chi connectivity index (χ2n) is 7.36. The normalized spacial score (nSPS) is 25.8. The van der Waals surface area contributed by atoms with Crippen molar-refractivity contribution >= 4 is 5.91 Å². The monoisotopic (exact) mass is 330 g/mol. The minimum Gasteiger partial charge on any atom is -0.338 e. The van der Waals surface area contributed by atoms with E-state index in [1.165, 1.54) is 4.57 Å². The lowest BCUT2D eigenvalue weighted by Gasteiger charge is -2.27. The van der Waals surface area contributed by atoms with Gasteiger partial charge in [0, 0.05) is 25.9 Å². The molecule has 1 saturated carbocycles. The molecule has 1 aromatic rings. The Morgan fingerprint density at radius 1 is 1.39 bits per heavy atom. The Kier molecular flexibility index (Phi) is 3.68. The van der Waals surface area contributed by atoms with Gasteiger partial charge in [0.15, 0.2) is 5.82 Å². The predicted octanol–water partition coefficient (Wildman–Crippen LogP) is 2.41. The number of carbonyl (C=O) groups excluding carboxylic acids is 1. The van der Waals surface area contributed by atoms with E-state index in [1.54, 1.807) is 11.9 Å². The molecule has 0 aromatic carbocycles. The standard InChI is InChI=1S/C15H21F3N4O/c1-14(2)6-10(14)13(23)21(3)8-12-20-19-11-5-4-9(7-22(11)12)15(16,17)18/h9-10H,4-8H2,1-3H3/t9?,10-/m1/s1. The van der Waals surface area contributed by atoms with E-state index in [9.17, 15) is 18.0 Å². The van der Waals surface area contributed by atoms with Crippen molar-refractivity contribution in [2.24, 2.45) is 17.3 Å². The van der Waals surface area contributed by atoms with Crippen molar-refractivity contribution in [3.05, 3.63) is 11.6 Å². The molecule has 3 rings (SSSR count). The average Bonchev–Trinajstić information content (AvgIpc) is 2.91. The average molecular weight is 330 g/mol. The fraction of sp³-hybridized carbons (Fsp3) is 0.800. The number of fused-ring (bicyclic) bond motifs is 1. The highest BCUT2D eigenvalue weighted by Crippen LogP contribution is 2.52. The van der Waals surface area contributed by atoms with Gasteiger partial charge in [0.05, 0.1) is 12.5 Å². The van der Waals surface area contributed by atoms with Gasteiger partial charge in [-0.05, 0) is 18.3 Å². The molecule has 0 bridgehead atoms. The molecule has 1 aliphatic carbocycles. The Morgan fingerprint density at radius 2 is 2.04 bits per heavy atom. The maximum absolute atomic E-state index is 12.9. The minimum atomic E-state index is -4.21. The Labute approximate surface area is 132 Å². The highest BCUT2D eigenvalue weighted by molar-refractivity contribution is 5.82. The van der Waals surface area contributed by atoms with Crippen LogP contribution in [0.4, 0.5) is 13.2 Å². The lowest BCUT2D eigenvalue weighted by atomic mass is 9.99. The van der Waals surface area contributed by atoms with Gasteiger partial charge in [-0.2, -0.15) is 13.2 Å². The Morgan fingerprint density at radius 3 is 2.61 bits per heavy atom. The zero-order valence-corrected chi connectivity index (χ0v) is 13.5. The van der Waals surface area contributed by atoms with Gasteiger partial charge in [-0.25, -0.2) is 0 Å². The smallest absolute Gasteiger partial charge is 0.338 e. The molecule has 2 heterocycles. The molecule has 128 valence electrons. The molecule has 0 saturated heterocycles. The second kappa shape index (κ2) is 5.21. The van der Waals surface area contributed by atoms with Crippen LogP contribution in [0.15, 0.2) is 0 Å². The van der Waals surface area contributed by atoms with Crippen molar-refractivity contribution in [2.75, 3.05) is 7.05 Å². The van der Waals surface area contributed by atoms with Crippen LogP contribution in [0.5, 0.6) is 0 Å². The van der Waals surface area contributed by atoms with E-state index >= 15 is 0 Å². The highest BCUT2D eigenvalue weighted by Gasteiger charge is 2.51. The van der Waals surface area contributed by atoms with Crippen LogP contribution in [-0.4, -0.2) is 38.8 Å². The molecule has 5 nitrogen and oxygen atoms in total. The van der Waals surface area contributed by atoms with Gasteiger partial charge in [0.25, 0.3) is 0 Å². The largest absolute Gasteiger partial charge is 0.393 e. The summed E-state index contributed by atoms with van der Waals surface area (Å²) in [5, 5.41) is 7.99. The summed E-state index contributed by atoms with van der Waals surface area (Å²) in [7, 11) is 1.67. The van der Waals surface area contributed by atoms with Crippen molar-refractivity contribution in [1.29, 1.82) is 0 Å². The summed E-state index contributed by atoms with van der Waals surface area (Å²) < 4.78 is 40.4. The first kappa shape index (κ1) is 16.3. The number of carbonyl (C=O) groups is 1. The zero-order valence-electron chi connectivity index (χ0n) is 13.5. The van der Waals surface area contributed by atoms with Crippen molar-refractivity contribution in [3.63, 3.8) is 0 Å². The molecule has 1 amide bonds. The minimum absolute atomic E-state index is 0.000767. The molecule has 1 unspecified atom stereocenters. The molecule has 0 N–H and O–H groups in total. The summed E-state index contributed by atoms with van der Waals surface area (Å²) in [5.74, 6) is -0.334. The summed E-state index contributed by atoms with van der Waals surface area (Å²) in [6, 6.07) is 0. The lowest BCUT2D eigenvalue weighted by Crippen LogP contribution is -2.34. The number of nitrogens with zero attached hydrogens (tertiary/aromatic N) is 4. The third-order valence-corrected chi connectivity index (χ3v) is 5.05. The van der Waals surface area contributed by atoms with Crippen LogP contribution in [0.3, 0.4) is 0 Å². The van der Waals surface area contributed by atoms with Crippen LogP contribution in [0.25, 0.3) is 0 Å². The maximum atomic E-state index is 12.9. The Hall–Kier alpha value is -1.60. The fourth-order valence-corrected chi connectivity index (χ4v) is 3.21. The Balaban J connectivity index is 1.71. The van der Waals surface area contributed by atoms with Crippen molar-refractivity contribution in [2.45, 2.75) is 52.4 Å². The van der Waals surface area contributed by atoms with Crippen molar-refractivity contribution < 1.29 is 18.0 Å². The van der Waals surface area contributed by atoms with Crippen LogP contribution < -0.4 is 0 Å². The third kappa shape index (κ3) is 3.07. The van der Waals surface area contributed by atoms with Crippen molar-refractivity contribution in [3.8, 4) is 0 Å². The highest BCUT2D eigenvalue weighted by atomic mass is 19.4. The molecule has 1 aromatic heterocycles. The van der Waals surface area contributed by atoms with E-state index in [0.29, 0.717) is 11.6 Å². The SMILES string of the molecule is CN(Cc1nnc2n1CC(C(F)(F)F)CC2)C(=O)[C@H]1CC1(C)C. The second-order valence-corrected chi connectivity index (χ2v) is 7.36. The van der Waals surface area contributed by atoms with E-state index in [4.69, 9.17) is 0 Å². The number of rotatable bonds is 3.